The SMILES string of the molecule is CN1CCN(C(=O)CN2CCN([C@@H](C(=O)O)c3cn(CC(=O)O)c4cc(F)ccc34)CC2)CC1. The Bertz CT molecular complexity index is 1070. The number of fused-ring (bicyclic) bond motifs is 1. The molecular weight excluding hydrogens is 445 g/mol. The molecule has 2 saturated heterocycles. The molecule has 3 heterocycles. The highest BCUT2D eigenvalue weighted by Gasteiger charge is 2.33. The van der Waals surface area contributed by atoms with Crippen molar-refractivity contribution in [1.29, 1.82) is 0 Å². The van der Waals surface area contributed by atoms with Crippen LogP contribution in [0.1, 0.15) is 11.6 Å². The minimum Gasteiger partial charge on any atom is -0.480 e. The second kappa shape index (κ2) is 10.1. The van der Waals surface area contributed by atoms with Crippen molar-refractivity contribution in [2.24, 2.45) is 0 Å². The quantitative estimate of drug-likeness (QED) is 0.592. The molecule has 34 heavy (non-hydrogen) atoms. The van der Waals surface area contributed by atoms with Crippen molar-refractivity contribution < 1.29 is 29.0 Å². The van der Waals surface area contributed by atoms with Crippen LogP contribution in [-0.4, -0.2) is 118 Å². The molecule has 2 fully saturated rings. The second-order valence-corrected chi connectivity index (χ2v) is 9.00. The number of piperazine rings is 2. The zero-order chi connectivity index (χ0) is 24.4. The number of aromatic nitrogens is 1. The lowest BCUT2D eigenvalue weighted by atomic mass is 10.0. The van der Waals surface area contributed by atoms with E-state index in [-0.39, 0.29) is 5.91 Å². The third-order valence-corrected chi connectivity index (χ3v) is 6.70. The fourth-order valence-electron chi connectivity index (χ4n) is 4.80. The van der Waals surface area contributed by atoms with E-state index in [9.17, 15) is 29.0 Å². The number of benzene rings is 1. The highest BCUT2D eigenvalue weighted by Crippen LogP contribution is 2.32. The van der Waals surface area contributed by atoms with Gasteiger partial charge in [0, 0.05) is 69.5 Å². The van der Waals surface area contributed by atoms with Gasteiger partial charge in [-0.25, -0.2) is 4.39 Å². The first-order valence-electron chi connectivity index (χ1n) is 11.4. The summed E-state index contributed by atoms with van der Waals surface area (Å²) in [5.74, 6) is -2.58. The van der Waals surface area contributed by atoms with Crippen LogP contribution in [0.25, 0.3) is 10.9 Å². The van der Waals surface area contributed by atoms with E-state index in [2.05, 4.69) is 4.90 Å². The number of carbonyl (C=O) groups excluding carboxylic acids is 1. The third-order valence-electron chi connectivity index (χ3n) is 6.70. The van der Waals surface area contributed by atoms with Gasteiger partial charge in [0.15, 0.2) is 0 Å². The summed E-state index contributed by atoms with van der Waals surface area (Å²) in [6.07, 6.45) is 1.50. The summed E-state index contributed by atoms with van der Waals surface area (Å²) in [6.45, 7) is 5.06. The van der Waals surface area contributed by atoms with Crippen LogP contribution >= 0.6 is 0 Å². The number of aliphatic carboxylic acids is 2. The van der Waals surface area contributed by atoms with Crippen molar-refractivity contribution in [3.05, 3.63) is 35.8 Å². The Labute approximate surface area is 196 Å². The van der Waals surface area contributed by atoms with E-state index in [1.807, 2.05) is 21.7 Å². The Balaban J connectivity index is 1.47. The number of halogens is 1. The number of likely N-dealkylation sites (N-methyl/N-ethyl adjacent to an activating group) is 1. The summed E-state index contributed by atoms with van der Waals surface area (Å²) in [7, 11) is 2.04. The molecule has 0 bridgehead atoms. The number of hydrogen-bond donors (Lipinski definition) is 2. The van der Waals surface area contributed by atoms with Gasteiger partial charge in [-0.05, 0) is 25.2 Å². The van der Waals surface area contributed by atoms with E-state index in [0.717, 1.165) is 26.2 Å². The molecule has 0 spiro atoms. The first-order chi connectivity index (χ1) is 16.2. The van der Waals surface area contributed by atoms with Crippen LogP contribution in [0.3, 0.4) is 0 Å². The monoisotopic (exact) mass is 475 g/mol. The van der Waals surface area contributed by atoms with Crippen LogP contribution in [0, 0.1) is 5.82 Å². The second-order valence-electron chi connectivity index (χ2n) is 9.00. The van der Waals surface area contributed by atoms with E-state index >= 15 is 0 Å². The standard InChI is InChI=1S/C23H30FN5O5/c1-25-4-8-27(9-5-25)20(30)14-26-6-10-28(11-7-26)22(23(33)34)18-13-29(15-21(31)32)19-12-16(24)2-3-17(18)19/h2-3,12-13,22H,4-11,14-15H2,1H3,(H,31,32)(H,33,34)/t22-/m1/s1. The molecule has 2 aromatic rings. The first-order valence-corrected chi connectivity index (χ1v) is 11.4. The van der Waals surface area contributed by atoms with Gasteiger partial charge in [0.25, 0.3) is 0 Å². The largest absolute Gasteiger partial charge is 0.480 e. The lowest BCUT2D eigenvalue weighted by Crippen LogP contribution is -2.54. The predicted molar refractivity (Wildman–Crippen MR) is 122 cm³/mol. The molecule has 0 aliphatic carbocycles. The van der Waals surface area contributed by atoms with Crippen LogP contribution in [0.4, 0.5) is 4.39 Å². The molecule has 1 aromatic carbocycles. The van der Waals surface area contributed by atoms with Crippen LogP contribution in [0.5, 0.6) is 0 Å². The number of carboxylic acids is 2. The summed E-state index contributed by atoms with van der Waals surface area (Å²) < 4.78 is 15.2. The van der Waals surface area contributed by atoms with Crippen LogP contribution < -0.4 is 0 Å². The molecule has 2 N–H and O–H groups in total. The number of amides is 1. The van der Waals surface area contributed by atoms with Crippen molar-refractivity contribution in [2.75, 3.05) is 66.0 Å². The molecule has 0 unspecified atom stereocenters. The van der Waals surface area contributed by atoms with Crippen molar-refractivity contribution >= 4 is 28.7 Å². The van der Waals surface area contributed by atoms with Gasteiger partial charge in [0.05, 0.1) is 12.1 Å². The Morgan fingerprint density at radius 3 is 2.26 bits per heavy atom. The molecule has 1 aromatic heterocycles. The predicted octanol–water partition coefficient (Wildman–Crippen LogP) is 0.382. The number of nitrogens with zero attached hydrogens (tertiary/aromatic N) is 5. The van der Waals surface area contributed by atoms with Gasteiger partial charge in [-0.1, -0.05) is 0 Å². The zero-order valence-corrected chi connectivity index (χ0v) is 19.2. The number of hydrogen-bond acceptors (Lipinski definition) is 6. The highest BCUT2D eigenvalue weighted by molar-refractivity contribution is 5.90. The molecular formula is C23H30FN5O5. The van der Waals surface area contributed by atoms with Crippen molar-refractivity contribution in [1.82, 2.24) is 24.2 Å². The van der Waals surface area contributed by atoms with E-state index in [1.165, 1.54) is 29.0 Å². The maximum Gasteiger partial charge on any atom is 0.325 e. The molecule has 10 nitrogen and oxygen atoms in total. The highest BCUT2D eigenvalue weighted by atomic mass is 19.1. The summed E-state index contributed by atoms with van der Waals surface area (Å²) in [5, 5.41) is 19.8. The lowest BCUT2D eigenvalue weighted by Gasteiger charge is -2.39. The minimum absolute atomic E-state index is 0.0927. The topological polar surface area (TPSA) is 110 Å². The summed E-state index contributed by atoms with van der Waals surface area (Å²) in [4.78, 5) is 44.2. The molecule has 11 heteroatoms. The maximum absolute atomic E-state index is 13.9. The molecule has 2 aliphatic rings. The van der Waals surface area contributed by atoms with Crippen molar-refractivity contribution in [3.8, 4) is 0 Å². The molecule has 1 atom stereocenters. The van der Waals surface area contributed by atoms with Crippen molar-refractivity contribution in [2.45, 2.75) is 12.6 Å². The van der Waals surface area contributed by atoms with Gasteiger partial charge >= 0.3 is 11.9 Å². The van der Waals surface area contributed by atoms with E-state index in [4.69, 9.17) is 0 Å². The Morgan fingerprint density at radius 2 is 1.65 bits per heavy atom. The zero-order valence-electron chi connectivity index (χ0n) is 19.2. The third kappa shape index (κ3) is 5.21. The molecule has 0 saturated carbocycles. The van der Waals surface area contributed by atoms with Crippen LogP contribution in [0.15, 0.2) is 24.4 Å². The van der Waals surface area contributed by atoms with Gasteiger partial charge in [-0.15, -0.1) is 0 Å². The Morgan fingerprint density at radius 1 is 0.971 bits per heavy atom. The number of rotatable bonds is 7. The summed E-state index contributed by atoms with van der Waals surface area (Å²) in [5.41, 5.74) is 0.783. The average Bonchev–Trinajstić information content (AvgIpc) is 3.11. The maximum atomic E-state index is 13.9. The first kappa shape index (κ1) is 24.1. The molecule has 2 aliphatic heterocycles. The van der Waals surface area contributed by atoms with Crippen LogP contribution in [0.2, 0.25) is 0 Å². The van der Waals surface area contributed by atoms with E-state index in [0.29, 0.717) is 49.2 Å². The van der Waals surface area contributed by atoms with Gasteiger partial charge in [0.1, 0.15) is 18.4 Å². The summed E-state index contributed by atoms with van der Waals surface area (Å²) >= 11 is 0. The van der Waals surface area contributed by atoms with E-state index in [1.54, 1.807) is 0 Å². The molecule has 184 valence electrons. The molecule has 1 amide bonds. The van der Waals surface area contributed by atoms with Crippen LogP contribution in [-0.2, 0) is 20.9 Å². The number of carboxylic acid groups (broad SMARTS) is 2. The smallest absolute Gasteiger partial charge is 0.325 e. The summed E-state index contributed by atoms with van der Waals surface area (Å²) in [6, 6.07) is 2.97. The molecule has 4 rings (SSSR count). The minimum atomic E-state index is -1.10. The fourth-order valence-corrected chi connectivity index (χ4v) is 4.80. The van der Waals surface area contributed by atoms with Gasteiger partial charge in [0.2, 0.25) is 5.91 Å². The van der Waals surface area contributed by atoms with E-state index < -0.39 is 30.3 Å². The molecule has 0 radical (unpaired) electrons. The Kier molecular flexibility index (Phi) is 7.15. The normalized spacial score (nSPS) is 19.4. The van der Waals surface area contributed by atoms with Gasteiger partial charge < -0.3 is 24.6 Å². The number of carbonyl (C=O) groups is 3. The Hall–Kier alpha value is -3.02. The average molecular weight is 476 g/mol. The van der Waals surface area contributed by atoms with Gasteiger partial charge in [-0.2, -0.15) is 0 Å². The van der Waals surface area contributed by atoms with Gasteiger partial charge in [-0.3, -0.25) is 24.2 Å². The van der Waals surface area contributed by atoms with Crippen molar-refractivity contribution in [3.63, 3.8) is 0 Å². The lowest BCUT2D eigenvalue weighted by molar-refractivity contribution is -0.145. The fraction of sp³-hybridized carbons (Fsp3) is 0.522.